The zero-order valence-corrected chi connectivity index (χ0v) is 15.5. The van der Waals surface area contributed by atoms with Crippen molar-refractivity contribution >= 4 is 5.69 Å². The Hall–Kier alpha value is -2.20. The van der Waals surface area contributed by atoms with Crippen molar-refractivity contribution in [1.82, 2.24) is 0 Å². The lowest BCUT2D eigenvalue weighted by Gasteiger charge is -2.14. The topological polar surface area (TPSA) is 39.7 Å². The number of anilines is 1. The van der Waals surface area contributed by atoms with E-state index in [-0.39, 0.29) is 0 Å². The van der Waals surface area contributed by atoms with Gasteiger partial charge in [0.25, 0.3) is 0 Å². The minimum Gasteiger partial charge on any atom is -0.491 e. The van der Waals surface area contributed by atoms with Crippen molar-refractivity contribution in [2.75, 3.05) is 38.3 Å². The molecule has 4 nitrogen and oxygen atoms in total. The molecule has 0 bridgehead atoms. The van der Waals surface area contributed by atoms with Gasteiger partial charge in [0.2, 0.25) is 0 Å². The Morgan fingerprint density at radius 2 is 1.64 bits per heavy atom. The van der Waals surface area contributed by atoms with Crippen molar-refractivity contribution in [3.05, 3.63) is 54.1 Å². The quantitative estimate of drug-likeness (QED) is 0.600. The summed E-state index contributed by atoms with van der Waals surface area (Å²) in [5.41, 5.74) is 2.30. The molecule has 0 heterocycles. The van der Waals surface area contributed by atoms with Crippen LogP contribution in [0.5, 0.6) is 11.5 Å². The lowest BCUT2D eigenvalue weighted by atomic mass is 10.0. The van der Waals surface area contributed by atoms with Crippen molar-refractivity contribution in [1.29, 1.82) is 0 Å². The molecule has 0 saturated heterocycles. The first kappa shape index (κ1) is 19.1. The van der Waals surface area contributed by atoms with Gasteiger partial charge in [0.15, 0.2) is 0 Å². The van der Waals surface area contributed by atoms with Crippen molar-refractivity contribution in [3.63, 3.8) is 0 Å². The fraction of sp³-hybridized carbons (Fsp3) is 0.429. The van der Waals surface area contributed by atoms with Crippen molar-refractivity contribution in [2.24, 2.45) is 0 Å². The van der Waals surface area contributed by atoms with E-state index in [1.165, 1.54) is 5.56 Å². The van der Waals surface area contributed by atoms with E-state index in [2.05, 4.69) is 31.3 Å². The van der Waals surface area contributed by atoms with Crippen LogP contribution >= 0.6 is 0 Å². The summed E-state index contributed by atoms with van der Waals surface area (Å²) >= 11 is 0. The zero-order valence-electron chi connectivity index (χ0n) is 15.5. The van der Waals surface area contributed by atoms with Gasteiger partial charge in [-0.05, 0) is 48.7 Å². The van der Waals surface area contributed by atoms with Crippen LogP contribution in [-0.2, 0) is 4.74 Å². The maximum Gasteiger partial charge on any atom is 0.122 e. The normalized spacial score (nSPS) is 10.7. The highest BCUT2D eigenvalue weighted by molar-refractivity contribution is 5.46. The van der Waals surface area contributed by atoms with E-state index in [1.807, 2.05) is 43.3 Å². The molecule has 0 aromatic heterocycles. The molecular formula is C21H29NO3. The summed E-state index contributed by atoms with van der Waals surface area (Å²) in [4.78, 5) is 0. The number of hydrogen-bond donors (Lipinski definition) is 1. The second-order valence-electron chi connectivity index (χ2n) is 6.04. The Kier molecular flexibility index (Phi) is 8.13. The second kappa shape index (κ2) is 10.6. The van der Waals surface area contributed by atoms with E-state index in [0.717, 1.165) is 30.3 Å². The van der Waals surface area contributed by atoms with Crippen LogP contribution in [0.25, 0.3) is 0 Å². The molecule has 0 aliphatic carbocycles. The Labute approximate surface area is 151 Å². The van der Waals surface area contributed by atoms with Crippen LogP contribution in [-0.4, -0.2) is 33.0 Å². The average Bonchev–Trinajstić information content (AvgIpc) is 2.64. The summed E-state index contributed by atoms with van der Waals surface area (Å²) < 4.78 is 16.8. The number of ether oxygens (including phenoxy) is 3. The molecule has 2 aromatic carbocycles. The van der Waals surface area contributed by atoms with E-state index in [4.69, 9.17) is 14.2 Å². The van der Waals surface area contributed by atoms with E-state index < -0.39 is 0 Å². The molecule has 0 atom stereocenters. The highest BCUT2D eigenvalue weighted by atomic mass is 16.5. The maximum absolute atomic E-state index is 5.92. The van der Waals surface area contributed by atoms with Gasteiger partial charge in [0.05, 0.1) is 6.61 Å². The van der Waals surface area contributed by atoms with Gasteiger partial charge in [-0.2, -0.15) is 0 Å². The zero-order chi connectivity index (χ0) is 17.9. The van der Waals surface area contributed by atoms with Crippen LogP contribution in [0, 0.1) is 0 Å². The molecule has 1 N–H and O–H groups in total. The monoisotopic (exact) mass is 343 g/mol. The molecule has 0 saturated carbocycles. The Balaban J connectivity index is 1.71. The number of para-hydroxylation sites is 1. The van der Waals surface area contributed by atoms with E-state index in [0.29, 0.717) is 25.7 Å². The number of rotatable bonds is 11. The molecule has 0 amide bonds. The lowest BCUT2D eigenvalue weighted by Crippen LogP contribution is -2.12. The fourth-order valence-electron chi connectivity index (χ4n) is 2.48. The third kappa shape index (κ3) is 6.67. The summed E-state index contributed by atoms with van der Waals surface area (Å²) in [6.07, 6.45) is 0. The van der Waals surface area contributed by atoms with Gasteiger partial charge in [0.1, 0.15) is 24.7 Å². The highest BCUT2D eigenvalue weighted by Gasteiger charge is 2.06. The van der Waals surface area contributed by atoms with Gasteiger partial charge in [0, 0.05) is 18.8 Å². The van der Waals surface area contributed by atoms with Crippen LogP contribution < -0.4 is 14.8 Å². The SMILES string of the molecule is CCOCCOc1ccc(NCCOc2ccccc2C(C)C)cc1. The third-order valence-corrected chi connectivity index (χ3v) is 3.78. The third-order valence-electron chi connectivity index (χ3n) is 3.78. The number of benzene rings is 2. The van der Waals surface area contributed by atoms with Gasteiger partial charge in [-0.1, -0.05) is 32.0 Å². The molecule has 2 rings (SSSR count). The van der Waals surface area contributed by atoms with Crippen LogP contribution in [0.3, 0.4) is 0 Å². The fourth-order valence-corrected chi connectivity index (χ4v) is 2.48. The molecule has 136 valence electrons. The summed E-state index contributed by atoms with van der Waals surface area (Å²) in [6.45, 7) is 9.61. The first-order chi connectivity index (χ1) is 12.2. The molecular weight excluding hydrogens is 314 g/mol. The number of hydrogen-bond acceptors (Lipinski definition) is 4. The predicted molar refractivity (Wildman–Crippen MR) is 103 cm³/mol. The predicted octanol–water partition coefficient (Wildman–Crippen LogP) is 4.72. The summed E-state index contributed by atoms with van der Waals surface area (Å²) in [7, 11) is 0. The Morgan fingerprint density at radius 3 is 2.36 bits per heavy atom. The standard InChI is InChI=1S/C21H29NO3/c1-4-23-15-16-24-19-11-9-18(10-12-19)22-13-14-25-21-8-6-5-7-20(21)17(2)3/h5-12,17,22H,4,13-16H2,1-3H3. The lowest BCUT2D eigenvalue weighted by molar-refractivity contribution is 0.110. The van der Waals surface area contributed by atoms with Crippen LogP contribution in [0.2, 0.25) is 0 Å². The summed E-state index contributed by atoms with van der Waals surface area (Å²) in [5.74, 6) is 2.28. The van der Waals surface area contributed by atoms with Crippen molar-refractivity contribution in [3.8, 4) is 11.5 Å². The van der Waals surface area contributed by atoms with Crippen LogP contribution in [0.15, 0.2) is 48.5 Å². The van der Waals surface area contributed by atoms with E-state index in [9.17, 15) is 0 Å². The van der Waals surface area contributed by atoms with Gasteiger partial charge in [-0.25, -0.2) is 0 Å². The molecule has 0 unspecified atom stereocenters. The average molecular weight is 343 g/mol. The minimum absolute atomic E-state index is 0.458. The molecule has 25 heavy (non-hydrogen) atoms. The molecule has 2 aromatic rings. The molecule has 0 fully saturated rings. The first-order valence-electron chi connectivity index (χ1n) is 8.97. The smallest absolute Gasteiger partial charge is 0.122 e. The molecule has 0 radical (unpaired) electrons. The van der Waals surface area contributed by atoms with Gasteiger partial charge < -0.3 is 19.5 Å². The number of nitrogens with one attached hydrogen (secondary N) is 1. The maximum atomic E-state index is 5.92. The Bertz CT molecular complexity index is 611. The van der Waals surface area contributed by atoms with Gasteiger partial charge >= 0.3 is 0 Å². The first-order valence-corrected chi connectivity index (χ1v) is 8.97. The summed E-state index contributed by atoms with van der Waals surface area (Å²) in [6, 6.07) is 16.2. The molecule has 0 aliphatic rings. The largest absolute Gasteiger partial charge is 0.491 e. The molecule has 4 heteroatoms. The minimum atomic E-state index is 0.458. The van der Waals surface area contributed by atoms with Gasteiger partial charge in [-0.3, -0.25) is 0 Å². The van der Waals surface area contributed by atoms with E-state index in [1.54, 1.807) is 0 Å². The molecule has 0 spiro atoms. The van der Waals surface area contributed by atoms with Crippen molar-refractivity contribution in [2.45, 2.75) is 26.7 Å². The summed E-state index contributed by atoms with van der Waals surface area (Å²) in [5, 5.41) is 3.36. The van der Waals surface area contributed by atoms with Crippen LogP contribution in [0.4, 0.5) is 5.69 Å². The van der Waals surface area contributed by atoms with Crippen molar-refractivity contribution < 1.29 is 14.2 Å². The highest BCUT2D eigenvalue weighted by Crippen LogP contribution is 2.25. The second-order valence-corrected chi connectivity index (χ2v) is 6.04. The molecule has 0 aliphatic heterocycles. The van der Waals surface area contributed by atoms with Gasteiger partial charge in [-0.15, -0.1) is 0 Å². The van der Waals surface area contributed by atoms with Crippen LogP contribution in [0.1, 0.15) is 32.3 Å². The van der Waals surface area contributed by atoms with E-state index >= 15 is 0 Å². The Morgan fingerprint density at radius 1 is 0.880 bits per heavy atom.